The second kappa shape index (κ2) is 8.60. The molecule has 1 aliphatic carbocycles. The Kier molecular flexibility index (Phi) is 5.99. The molecule has 3 rings (SSSR count). The molecule has 0 atom stereocenters. The van der Waals surface area contributed by atoms with E-state index in [0.717, 1.165) is 12.3 Å². The van der Waals surface area contributed by atoms with Gasteiger partial charge in [0.15, 0.2) is 0 Å². The number of benzene rings is 1. The van der Waals surface area contributed by atoms with Crippen LogP contribution in [0.4, 0.5) is 15.9 Å². The lowest BCUT2D eigenvalue weighted by atomic mass is 10.0. The predicted octanol–water partition coefficient (Wildman–Crippen LogP) is 4.66. The molecule has 1 aromatic carbocycles. The van der Waals surface area contributed by atoms with Gasteiger partial charge in [0.1, 0.15) is 11.6 Å². The molecule has 0 radical (unpaired) electrons. The first kappa shape index (κ1) is 17.4. The van der Waals surface area contributed by atoms with E-state index in [1.54, 1.807) is 30.5 Å². The van der Waals surface area contributed by atoms with Crippen molar-refractivity contribution in [2.75, 3.05) is 11.9 Å². The third-order valence-electron chi connectivity index (χ3n) is 4.69. The number of carbonyl (C=O) groups excluding carboxylic acids is 1. The van der Waals surface area contributed by atoms with E-state index >= 15 is 0 Å². The van der Waals surface area contributed by atoms with Crippen LogP contribution in [0.25, 0.3) is 0 Å². The number of aromatic nitrogens is 1. The summed E-state index contributed by atoms with van der Waals surface area (Å²) in [7, 11) is 0. The summed E-state index contributed by atoms with van der Waals surface area (Å²) in [6, 6.07) is 9.55. The van der Waals surface area contributed by atoms with E-state index in [9.17, 15) is 9.18 Å². The zero-order chi connectivity index (χ0) is 17.5. The number of halogens is 1. The highest BCUT2D eigenvalue weighted by molar-refractivity contribution is 5.99. The van der Waals surface area contributed by atoms with Crippen molar-refractivity contribution in [3.05, 3.63) is 54.0 Å². The molecule has 4 nitrogen and oxygen atoms in total. The van der Waals surface area contributed by atoms with Gasteiger partial charge >= 0.3 is 0 Å². The summed E-state index contributed by atoms with van der Waals surface area (Å²) in [5.74, 6) is 0.777. The number of carbonyl (C=O) groups is 1. The first-order chi connectivity index (χ1) is 12.2. The van der Waals surface area contributed by atoms with Crippen LogP contribution in [0, 0.1) is 11.7 Å². The highest BCUT2D eigenvalue weighted by Gasteiger charge is 2.15. The van der Waals surface area contributed by atoms with Gasteiger partial charge in [-0.3, -0.25) is 4.79 Å². The molecule has 5 heteroatoms. The summed E-state index contributed by atoms with van der Waals surface area (Å²) in [5.41, 5.74) is 1.03. The van der Waals surface area contributed by atoms with Crippen molar-refractivity contribution in [2.45, 2.75) is 38.5 Å². The maximum absolute atomic E-state index is 13.3. The molecule has 2 aromatic rings. The second-order valence-electron chi connectivity index (χ2n) is 6.58. The van der Waals surface area contributed by atoms with Gasteiger partial charge in [-0.1, -0.05) is 31.7 Å². The van der Waals surface area contributed by atoms with Crippen LogP contribution in [0.2, 0.25) is 0 Å². The lowest BCUT2D eigenvalue weighted by Gasteiger charge is -2.12. The minimum absolute atomic E-state index is 0.154. The van der Waals surface area contributed by atoms with Crippen LogP contribution in [0.3, 0.4) is 0 Å². The maximum atomic E-state index is 13.3. The van der Waals surface area contributed by atoms with E-state index in [2.05, 4.69) is 15.6 Å². The molecule has 1 fully saturated rings. The molecule has 25 heavy (non-hydrogen) atoms. The Morgan fingerprint density at radius 2 is 2.04 bits per heavy atom. The van der Waals surface area contributed by atoms with Gasteiger partial charge in [0, 0.05) is 18.4 Å². The largest absolute Gasteiger partial charge is 0.352 e. The number of anilines is 2. The van der Waals surface area contributed by atoms with Crippen molar-refractivity contribution in [1.82, 2.24) is 10.3 Å². The zero-order valence-electron chi connectivity index (χ0n) is 14.3. The summed E-state index contributed by atoms with van der Waals surface area (Å²) in [6.45, 7) is 0.670. The van der Waals surface area contributed by atoms with Crippen LogP contribution >= 0.6 is 0 Å². The van der Waals surface area contributed by atoms with Crippen molar-refractivity contribution < 1.29 is 9.18 Å². The fourth-order valence-electron chi connectivity index (χ4n) is 3.38. The molecule has 1 aliphatic rings. The van der Waals surface area contributed by atoms with Crippen molar-refractivity contribution in [3.8, 4) is 0 Å². The Hall–Kier alpha value is -2.43. The number of hydrogen-bond acceptors (Lipinski definition) is 3. The number of amides is 1. The van der Waals surface area contributed by atoms with Gasteiger partial charge < -0.3 is 10.6 Å². The van der Waals surface area contributed by atoms with E-state index in [-0.39, 0.29) is 11.7 Å². The zero-order valence-corrected chi connectivity index (χ0v) is 14.3. The van der Waals surface area contributed by atoms with E-state index in [1.807, 2.05) is 0 Å². The minimum Gasteiger partial charge on any atom is -0.352 e. The van der Waals surface area contributed by atoms with Gasteiger partial charge in [-0.15, -0.1) is 0 Å². The number of pyridine rings is 1. The molecular formula is C20H24FN3O. The molecule has 132 valence electrons. The number of hydrogen-bond donors (Lipinski definition) is 2. The standard InChI is InChI=1S/C20H24FN3O/c21-16-9-3-10-17(14-16)24-19-18(11-5-12-22-19)20(25)23-13-4-8-15-6-1-2-7-15/h3,5,9-12,14-15H,1-2,4,6-8,13H2,(H,22,24)(H,23,25). The van der Waals surface area contributed by atoms with Crippen molar-refractivity contribution in [2.24, 2.45) is 5.92 Å². The molecule has 1 heterocycles. The smallest absolute Gasteiger partial charge is 0.255 e. The molecule has 0 unspecified atom stereocenters. The van der Waals surface area contributed by atoms with Gasteiger partial charge in [-0.25, -0.2) is 9.37 Å². The SMILES string of the molecule is O=C(NCCCC1CCCC1)c1cccnc1Nc1cccc(F)c1. The fourth-order valence-corrected chi connectivity index (χ4v) is 3.38. The van der Waals surface area contributed by atoms with Crippen LogP contribution in [0.5, 0.6) is 0 Å². The molecule has 0 aliphatic heterocycles. The lowest BCUT2D eigenvalue weighted by molar-refractivity contribution is 0.0953. The van der Waals surface area contributed by atoms with Crippen LogP contribution in [0.15, 0.2) is 42.6 Å². The van der Waals surface area contributed by atoms with E-state index in [0.29, 0.717) is 23.6 Å². The molecule has 1 aromatic heterocycles. The predicted molar refractivity (Wildman–Crippen MR) is 97.4 cm³/mol. The third kappa shape index (κ3) is 5.02. The molecule has 0 bridgehead atoms. The minimum atomic E-state index is -0.334. The molecule has 1 amide bonds. The van der Waals surface area contributed by atoms with Gasteiger partial charge in [0.25, 0.3) is 5.91 Å². The average Bonchev–Trinajstić information content (AvgIpc) is 3.12. The highest BCUT2D eigenvalue weighted by Crippen LogP contribution is 2.28. The Bertz CT molecular complexity index is 714. The van der Waals surface area contributed by atoms with Crippen LogP contribution in [0.1, 0.15) is 48.9 Å². The van der Waals surface area contributed by atoms with Gasteiger partial charge in [0.05, 0.1) is 5.56 Å². The normalized spacial score (nSPS) is 14.4. The van der Waals surface area contributed by atoms with Gasteiger partial charge in [-0.2, -0.15) is 0 Å². The van der Waals surface area contributed by atoms with Crippen molar-refractivity contribution >= 4 is 17.4 Å². The molecule has 0 saturated heterocycles. The number of nitrogens with one attached hydrogen (secondary N) is 2. The molecular weight excluding hydrogens is 317 g/mol. The number of rotatable bonds is 7. The number of nitrogens with zero attached hydrogens (tertiary/aromatic N) is 1. The first-order valence-corrected chi connectivity index (χ1v) is 8.98. The lowest BCUT2D eigenvalue weighted by Crippen LogP contribution is -2.25. The van der Waals surface area contributed by atoms with Crippen LogP contribution < -0.4 is 10.6 Å². The molecule has 0 spiro atoms. The third-order valence-corrected chi connectivity index (χ3v) is 4.69. The Balaban J connectivity index is 1.56. The summed E-state index contributed by atoms with van der Waals surface area (Å²) in [6.07, 6.45) is 9.16. The van der Waals surface area contributed by atoms with Gasteiger partial charge in [-0.05, 0) is 49.1 Å². The van der Waals surface area contributed by atoms with Gasteiger partial charge in [0.2, 0.25) is 0 Å². The molecule has 1 saturated carbocycles. The first-order valence-electron chi connectivity index (χ1n) is 8.98. The Labute approximate surface area is 147 Å². The average molecular weight is 341 g/mol. The monoisotopic (exact) mass is 341 g/mol. The van der Waals surface area contributed by atoms with E-state index in [1.165, 1.54) is 44.2 Å². The summed E-state index contributed by atoms with van der Waals surface area (Å²) in [4.78, 5) is 16.7. The quantitative estimate of drug-likeness (QED) is 0.720. The van der Waals surface area contributed by atoms with Crippen LogP contribution in [-0.2, 0) is 0 Å². The topological polar surface area (TPSA) is 54.0 Å². The van der Waals surface area contributed by atoms with E-state index < -0.39 is 0 Å². The van der Waals surface area contributed by atoms with Crippen molar-refractivity contribution in [1.29, 1.82) is 0 Å². The van der Waals surface area contributed by atoms with Crippen LogP contribution in [-0.4, -0.2) is 17.4 Å². The highest BCUT2D eigenvalue weighted by atomic mass is 19.1. The summed E-state index contributed by atoms with van der Waals surface area (Å²) in [5, 5.41) is 5.98. The Morgan fingerprint density at radius 3 is 2.84 bits per heavy atom. The van der Waals surface area contributed by atoms with E-state index in [4.69, 9.17) is 0 Å². The summed E-state index contributed by atoms with van der Waals surface area (Å²) >= 11 is 0. The second-order valence-corrected chi connectivity index (χ2v) is 6.58. The summed E-state index contributed by atoms with van der Waals surface area (Å²) < 4.78 is 13.3. The molecule has 2 N–H and O–H groups in total. The fraction of sp³-hybridized carbons (Fsp3) is 0.400. The maximum Gasteiger partial charge on any atom is 0.255 e. The van der Waals surface area contributed by atoms with Crippen molar-refractivity contribution in [3.63, 3.8) is 0 Å². The Morgan fingerprint density at radius 1 is 1.20 bits per heavy atom.